The zero-order valence-corrected chi connectivity index (χ0v) is 9.05. The predicted octanol–water partition coefficient (Wildman–Crippen LogP) is 1.76. The Morgan fingerprint density at radius 1 is 1.54 bits per heavy atom. The predicted molar refractivity (Wildman–Crippen MR) is 56.7 cm³/mol. The number of hydrogen-bond donors (Lipinski definition) is 0. The van der Waals surface area contributed by atoms with Gasteiger partial charge in [-0.3, -0.25) is 4.90 Å². The van der Waals surface area contributed by atoms with E-state index < -0.39 is 0 Å². The van der Waals surface area contributed by atoms with Gasteiger partial charge in [0.2, 0.25) is 0 Å². The number of unbranched alkanes of at least 4 members (excludes halogenated alkanes) is 1. The molecule has 1 unspecified atom stereocenters. The zero-order valence-electron chi connectivity index (χ0n) is 9.05. The molecule has 13 heavy (non-hydrogen) atoms. The van der Waals surface area contributed by atoms with Gasteiger partial charge in [-0.05, 0) is 26.4 Å². The smallest absolute Gasteiger partial charge is 0.0615 e. The first-order valence-electron chi connectivity index (χ1n) is 4.92. The summed E-state index contributed by atoms with van der Waals surface area (Å²) in [5.41, 5.74) is 0. The van der Waals surface area contributed by atoms with Crippen LogP contribution in [0.5, 0.6) is 0 Å². The van der Waals surface area contributed by atoms with Crippen LogP contribution in [0.3, 0.4) is 0 Å². The van der Waals surface area contributed by atoms with Gasteiger partial charge in [-0.1, -0.05) is 6.92 Å². The van der Waals surface area contributed by atoms with Gasteiger partial charge in [0.15, 0.2) is 0 Å². The van der Waals surface area contributed by atoms with Crippen LogP contribution in [-0.2, 0) is 4.74 Å². The number of rotatable bonds is 7. The van der Waals surface area contributed by atoms with Crippen molar-refractivity contribution in [1.82, 2.24) is 4.90 Å². The first-order chi connectivity index (χ1) is 6.26. The lowest BCUT2D eigenvalue weighted by Crippen LogP contribution is -2.36. The van der Waals surface area contributed by atoms with E-state index in [2.05, 4.69) is 24.7 Å². The molecule has 0 saturated heterocycles. The fraction of sp³-hybridized carbons (Fsp3) is 0.818. The van der Waals surface area contributed by atoms with E-state index in [0.29, 0.717) is 6.04 Å². The summed E-state index contributed by atoms with van der Waals surface area (Å²) in [7, 11) is 1.74. The highest BCUT2D eigenvalue weighted by atomic mass is 16.5. The van der Waals surface area contributed by atoms with Gasteiger partial charge in [0.1, 0.15) is 0 Å². The molecule has 0 aliphatic carbocycles. The summed E-state index contributed by atoms with van der Waals surface area (Å²) in [4.78, 5) is 2.39. The normalized spacial score (nSPS) is 12.8. The van der Waals surface area contributed by atoms with E-state index in [1.165, 1.54) is 0 Å². The number of terminal acetylenes is 1. The molecule has 0 fully saturated rings. The molecule has 0 amide bonds. The highest BCUT2D eigenvalue weighted by Gasteiger charge is 2.10. The first-order valence-corrected chi connectivity index (χ1v) is 4.92. The Kier molecular flexibility index (Phi) is 7.77. The van der Waals surface area contributed by atoms with Crippen molar-refractivity contribution in [3.8, 4) is 12.3 Å². The van der Waals surface area contributed by atoms with Gasteiger partial charge in [-0.25, -0.2) is 0 Å². The molecule has 2 heteroatoms. The first kappa shape index (κ1) is 12.5. The van der Waals surface area contributed by atoms with E-state index >= 15 is 0 Å². The number of ether oxygens (including phenoxy) is 1. The quantitative estimate of drug-likeness (QED) is 0.440. The van der Waals surface area contributed by atoms with Crippen LogP contribution in [0.15, 0.2) is 0 Å². The van der Waals surface area contributed by atoms with E-state index in [1.807, 2.05) is 0 Å². The van der Waals surface area contributed by atoms with Crippen LogP contribution in [0.1, 0.15) is 26.7 Å². The van der Waals surface area contributed by atoms with Crippen molar-refractivity contribution in [2.24, 2.45) is 0 Å². The molecule has 1 atom stereocenters. The van der Waals surface area contributed by atoms with Crippen LogP contribution < -0.4 is 0 Å². The van der Waals surface area contributed by atoms with E-state index in [4.69, 9.17) is 11.2 Å². The summed E-state index contributed by atoms with van der Waals surface area (Å²) in [5, 5.41) is 0. The van der Waals surface area contributed by atoms with Gasteiger partial charge >= 0.3 is 0 Å². The van der Waals surface area contributed by atoms with Crippen LogP contribution in [0.25, 0.3) is 0 Å². The standard InChI is InChI=1S/C11H21NO/c1-5-7-8-9-12(6-2)11(3)10-13-4/h1,11H,6-10H2,2-4H3. The van der Waals surface area contributed by atoms with Crippen LogP contribution in [0.2, 0.25) is 0 Å². The SMILES string of the molecule is C#CCCCN(CC)C(C)COC. The van der Waals surface area contributed by atoms with Gasteiger partial charge in [0, 0.05) is 19.6 Å². The molecule has 0 rings (SSSR count). The third kappa shape index (κ3) is 5.68. The van der Waals surface area contributed by atoms with Crippen molar-refractivity contribution in [1.29, 1.82) is 0 Å². The number of nitrogens with zero attached hydrogens (tertiary/aromatic N) is 1. The Hall–Kier alpha value is -0.520. The third-order valence-electron chi connectivity index (χ3n) is 2.20. The summed E-state index contributed by atoms with van der Waals surface area (Å²) in [6.07, 6.45) is 7.15. The van der Waals surface area contributed by atoms with E-state index in [0.717, 1.165) is 32.5 Å². The van der Waals surface area contributed by atoms with Gasteiger partial charge in [-0.15, -0.1) is 12.3 Å². The highest BCUT2D eigenvalue weighted by Crippen LogP contribution is 2.01. The molecular formula is C11H21NO. The molecule has 0 saturated carbocycles. The lowest BCUT2D eigenvalue weighted by Gasteiger charge is -2.26. The van der Waals surface area contributed by atoms with Crippen molar-refractivity contribution >= 4 is 0 Å². The molecule has 0 bridgehead atoms. The second-order valence-electron chi connectivity index (χ2n) is 3.24. The molecule has 0 aromatic heterocycles. The summed E-state index contributed by atoms with van der Waals surface area (Å²) >= 11 is 0. The molecule has 0 radical (unpaired) electrons. The fourth-order valence-corrected chi connectivity index (χ4v) is 1.42. The Labute approximate surface area is 82.3 Å². The molecule has 0 aromatic carbocycles. The van der Waals surface area contributed by atoms with Gasteiger partial charge < -0.3 is 4.74 Å². The maximum Gasteiger partial charge on any atom is 0.0615 e. The van der Waals surface area contributed by atoms with Crippen LogP contribution in [0.4, 0.5) is 0 Å². The maximum absolute atomic E-state index is 5.20. The van der Waals surface area contributed by atoms with Crippen molar-refractivity contribution in [3.63, 3.8) is 0 Å². The lowest BCUT2D eigenvalue weighted by molar-refractivity contribution is 0.102. The fourth-order valence-electron chi connectivity index (χ4n) is 1.42. The Morgan fingerprint density at radius 2 is 2.23 bits per heavy atom. The van der Waals surface area contributed by atoms with Gasteiger partial charge in [-0.2, -0.15) is 0 Å². The molecule has 0 heterocycles. The monoisotopic (exact) mass is 183 g/mol. The molecule has 76 valence electrons. The lowest BCUT2D eigenvalue weighted by atomic mass is 10.2. The molecule has 0 spiro atoms. The average Bonchev–Trinajstić information content (AvgIpc) is 2.13. The van der Waals surface area contributed by atoms with E-state index in [1.54, 1.807) is 7.11 Å². The molecule has 0 aliphatic rings. The minimum Gasteiger partial charge on any atom is -0.383 e. The van der Waals surface area contributed by atoms with Crippen LogP contribution in [0, 0.1) is 12.3 Å². The minimum atomic E-state index is 0.493. The summed E-state index contributed by atoms with van der Waals surface area (Å²) in [6, 6.07) is 0.493. The maximum atomic E-state index is 5.20. The molecular weight excluding hydrogens is 162 g/mol. The molecule has 0 N–H and O–H groups in total. The summed E-state index contributed by atoms with van der Waals surface area (Å²) in [5.74, 6) is 2.66. The van der Waals surface area contributed by atoms with Gasteiger partial charge in [0.25, 0.3) is 0 Å². The van der Waals surface area contributed by atoms with Crippen molar-refractivity contribution in [2.75, 3.05) is 26.8 Å². The van der Waals surface area contributed by atoms with Crippen molar-refractivity contribution < 1.29 is 4.74 Å². The molecule has 2 nitrogen and oxygen atoms in total. The summed E-state index contributed by atoms with van der Waals surface area (Å²) in [6.45, 7) is 7.29. The topological polar surface area (TPSA) is 12.5 Å². The largest absolute Gasteiger partial charge is 0.383 e. The Morgan fingerprint density at radius 3 is 2.69 bits per heavy atom. The number of likely N-dealkylation sites (N-methyl/N-ethyl adjacent to an activating group) is 1. The van der Waals surface area contributed by atoms with E-state index in [-0.39, 0.29) is 0 Å². The molecule has 0 aliphatic heterocycles. The minimum absolute atomic E-state index is 0.493. The van der Waals surface area contributed by atoms with Crippen molar-refractivity contribution in [2.45, 2.75) is 32.7 Å². The number of methoxy groups -OCH3 is 1. The van der Waals surface area contributed by atoms with E-state index in [9.17, 15) is 0 Å². The summed E-state index contributed by atoms with van der Waals surface area (Å²) < 4.78 is 5.11. The van der Waals surface area contributed by atoms with Gasteiger partial charge in [0.05, 0.1) is 6.61 Å². The van der Waals surface area contributed by atoms with Crippen LogP contribution in [-0.4, -0.2) is 37.7 Å². The third-order valence-corrected chi connectivity index (χ3v) is 2.20. The Balaban J connectivity index is 3.67. The average molecular weight is 183 g/mol. The highest BCUT2D eigenvalue weighted by molar-refractivity contribution is 4.83. The zero-order chi connectivity index (χ0) is 10.1. The molecule has 0 aromatic rings. The second-order valence-corrected chi connectivity index (χ2v) is 3.24. The van der Waals surface area contributed by atoms with Crippen LogP contribution >= 0.6 is 0 Å². The number of hydrogen-bond acceptors (Lipinski definition) is 2. The Bertz CT molecular complexity index is 151. The van der Waals surface area contributed by atoms with Crippen molar-refractivity contribution in [3.05, 3.63) is 0 Å². The second kappa shape index (κ2) is 8.10.